The highest BCUT2D eigenvalue weighted by Crippen LogP contribution is 2.37. The fraction of sp³-hybridized carbons (Fsp3) is 0.333. The van der Waals surface area contributed by atoms with Crippen LogP contribution in [0.25, 0.3) is 5.65 Å². The predicted octanol–water partition coefficient (Wildman–Crippen LogP) is 2.60. The van der Waals surface area contributed by atoms with Crippen LogP contribution >= 0.6 is 0 Å². The number of nitrogens with zero attached hydrogens (tertiary/aromatic N) is 5. The molecule has 29 heavy (non-hydrogen) atoms. The Hall–Kier alpha value is -3.21. The number of nitro groups is 1. The van der Waals surface area contributed by atoms with Gasteiger partial charge in [-0.2, -0.15) is 9.61 Å². The van der Waals surface area contributed by atoms with E-state index in [4.69, 9.17) is 0 Å². The molecule has 0 saturated carbocycles. The van der Waals surface area contributed by atoms with Crippen molar-refractivity contribution in [2.45, 2.75) is 37.6 Å². The Morgan fingerprint density at radius 2 is 2.03 bits per heavy atom. The molecule has 4 rings (SSSR count). The Kier molecular flexibility index (Phi) is 4.61. The molecule has 0 saturated heterocycles. The molecule has 0 radical (unpaired) electrons. The lowest BCUT2D eigenvalue weighted by atomic mass is 10.2. The van der Waals surface area contributed by atoms with E-state index in [1.54, 1.807) is 18.2 Å². The normalized spacial score (nSPS) is 14.8. The number of rotatable bonds is 6. The quantitative estimate of drug-likeness (QED) is 0.484. The SMILES string of the molecule is CCC(C)N1CCc2c(NS(=O)(=O)c3ccccc3)nc3c([N+](=O)[O-])cnn3c21. The first-order valence-electron chi connectivity index (χ1n) is 9.23. The molecule has 152 valence electrons. The zero-order chi connectivity index (χ0) is 20.8. The van der Waals surface area contributed by atoms with Gasteiger partial charge in [0.1, 0.15) is 17.8 Å². The van der Waals surface area contributed by atoms with Crippen LogP contribution in [0.2, 0.25) is 0 Å². The Morgan fingerprint density at radius 1 is 1.31 bits per heavy atom. The van der Waals surface area contributed by atoms with E-state index >= 15 is 0 Å². The van der Waals surface area contributed by atoms with Gasteiger partial charge in [-0.1, -0.05) is 25.1 Å². The minimum atomic E-state index is -3.89. The maximum Gasteiger partial charge on any atom is 0.333 e. The summed E-state index contributed by atoms with van der Waals surface area (Å²) in [5.41, 5.74) is 0.411. The fourth-order valence-electron chi connectivity index (χ4n) is 3.51. The molecule has 0 bridgehead atoms. The molecule has 1 aliphatic heterocycles. The molecule has 1 aliphatic rings. The summed E-state index contributed by atoms with van der Waals surface area (Å²) in [4.78, 5) is 17.3. The van der Waals surface area contributed by atoms with Crippen LogP contribution in [0.15, 0.2) is 41.4 Å². The third-order valence-electron chi connectivity index (χ3n) is 5.18. The van der Waals surface area contributed by atoms with Crippen LogP contribution in [0.5, 0.6) is 0 Å². The van der Waals surface area contributed by atoms with Gasteiger partial charge in [0.25, 0.3) is 10.0 Å². The van der Waals surface area contributed by atoms with Crippen LogP contribution in [0.3, 0.4) is 0 Å². The Labute approximate surface area is 167 Å². The molecular weight excluding hydrogens is 396 g/mol. The maximum atomic E-state index is 12.8. The van der Waals surface area contributed by atoms with Crippen molar-refractivity contribution < 1.29 is 13.3 Å². The minimum Gasteiger partial charge on any atom is -0.353 e. The van der Waals surface area contributed by atoms with Crippen LogP contribution in [-0.4, -0.2) is 40.5 Å². The van der Waals surface area contributed by atoms with E-state index in [2.05, 4.69) is 19.7 Å². The van der Waals surface area contributed by atoms with E-state index in [1.165, 1.54) is 16.6 Å². The van der Waals surface area contributed by atoms with Gasteiger partial charge >= 0.3 is 5.69 Å². The maximum absolute atomic E-state index is 12.8. The topological polar surface area (TPSA) is 123 Å². The molecule has 1 aromatic carbocycles. The summed E-state index contributed by atoms with van der Waals surface area (Å²) in [5, 5.41) is 15.6. The van der Waals surface area contributed by atoms with E-state index < -0.39 is 14.9 Å². The summed E-state index contributed by atoms with van der Waals surface area (Å²) >= 11 is 0. The molecule has 0 fully saturated rings. The Balaban J connectivity index is 1.91. The standard InChI is InChI=1S/C18H20N6O4S/c1-3-12(2)22-10-9-14-16(21-29(27,28)13-7-5-4-6-8-13)20-17-15(24(25)26)11-19-23(17)18(14)22/h4-8,11-12H,3,9-10H2,1-2H3,(H,20,21). The van der Waals surface area contributed by atoms with Crippen LogP contribution in [-0.2, 0) is 16.4 Å². The van der Waals surface area contributed by atoms with Gasteiger partial charge in [0, 0.05) is 18.2 Å². The number of anilines is 2. The third kappa shape index (κ3) is 3.16. The number of sulfonamides is 1. The fourth-order valence-corrected chi connectivity index (χ4v) is 4.57. The van der Waals surface area contributed by atoms with Crippen molar-refractivity contribution in [1.82, 2.24) is 14.6 Å². The smallest absolute Gasteiger partial charge is 0.333 e. The highest BCUT2D eigenvalue weighted by molar-refractivity contribution is 7.92. The van der Waals surface area contributed by atoms with E-state index in [9.17, 15) is 18.5 Å². The summed E-state index contributed by atoms with van der Waals surface area (Å²) < 4.78 is 29.7. The van der Waals surface area contributed by atoms with E-state index in [0.717, 1.165) is 12.6 Å². The van der Waals surface area contributed by atoms with Gasteiger partial charge in [-0.25, -0.2) is 13.4 Å². The number of hydrogen-bond acceptors (Lipinski definition) is 7. The number of aromatic nitrogens is 3. The molecule has 0 spiro atoms. The van der Waals surface area contributed by atoms with Gasteiger partial charge in [0.2, 0.25) is 5.65 Å². The summed E-state index contributed by atoms with van der Waals surface area (Å²) in [6, 6.07) is 8.09. The average Bonchev–Trinajstić information content (AvgIpc) is 3.32. The summed E-state index contributed by atoms with van der Waals surface area (Å²) in [5.74, 6) is 0.744. The van der Waals surface area contributed by atoms with Crippen molar-refractivity contribution in [3.63, 3.8) is 0 Å². The van der Waals surface area contributed by atoms with Gasteiger partial charge in [-0.05, 0) is 31.9 Å². The van der Waals surface area contributed by atoms with E-state index in [0.29, 0.717) is 24.3 Å². The first kappa shape index (κ1) is 19.1. The summed E-state index contributed by atoms with van der Waals surface area (Å²) in [7, 11) is -3.89. The largest absolute Gasteiger partial charge is 0.353 e. The number of benzene rings is 1. The lowest BCUT2D eigenvalue weighted by molar-refractivity contribution is -0.383. The van der Waals surface area contributed by atoms with Crippen molar-refractivity contribution in [1.29, 1.82) is 0 Å². The Morgan fingerprint density at radius 3 is 2.69 bits per heavy atom. The highest BCUT2D eigenvalue weighted by atomic mass is 32.2. The zero-order valence-electron chi connectivity index (χ0n) is 15.9. The minimum absolute atomic E-state index is 0.00900. The van der Waals surface area contributed by atoms with E-state index in [1.807, 2.05) is 13.8 Å². The zero-order valence-corrected chi connectivity index (χ0v) is 16.8. The van der Waals surface area contributed by atoms with Crippen LogP contribution in [0, 0.1) is 10.1 Å². The second-order valence-corrected chi connectivity index (χ2v) is 8.59. The molecular formula is C18H20N6O4S. The molecule has 3 aromatic rings. The van der Waals surface area contributed by atoms with Crippen molar-refractivity contribution in [2.75, 3.05) is 16.2 Å². The molecule has 10 nitrogen and oxygen atoms in total. The molecule has 1 atom stereocenters. The van der Waals surface area contributed by atoms with Gasteiger partial charge in [-0.3, -0.25) is 14.8 Å². The molecule has 11 heteroatoms. The first-order chi connectivity index (χ1) is 13.8. The third-order valence-corrected chi connectivity index (χ3v) is 6.53. The summed E-state index contributed by atoms with van der Waals surface area (Å²) in [6.45, 7) is 4.75. The lowest BCUT2D eigenvalue weighted by Gasteiger charge is -2.26. The summed E-state index contributed by atoms with van der Waals surface area (Å²) in [6.07, 6.45) is 2.56. The lowest BCUT2D eigenvalue weighted by Crippen LogP contribution is -2.32. The van der Waals surface area contributed by atoms with Crippen LogP contribution < -0.4 is 9.62 Å². The Bertz CT molecular complexity index is 1190. The van der Waals surface area contributed by atoms with Gasteiger partial charge in [-0.15, -0.1) is 0 Å². The van der Waals surface area contributed by atoms with Crippen molar-refractivity contribution in [3.05, 3.63) is 52.2 Å². The van der Waals surface area contributed by atoms with Gasteiger partial charge in [0.15, 0.2) is 0 Å². The number of nitrogens with one attached hydrogen (secondary N) is 1. The molecule has 1 N–H and O–H groups in total. The number of fused-ring (bicyclic) bond motifs is 3. The number of hydrogen-bond donors (Lipinski definition) is 1. The van der Waals surface area contributed by atoms with E-state index in [-0.39, 0.29) is 28.1 Å². The van der Waals surface area contributed by atoms with Crippen molar-refractivity contribution in [2.24, 2.45) is 0 Å². The van der Waals surface area contributed by atoms with Crippen molar-refractivity contribution >= 4 is 33.0 Å². The van der Waals surface area contributed by atoms with Gasteiger partial charge in [0.05, 0.1) is 9.82 Å². The molecule has 0 aliphatic carbocycles. The highest BCUT2D eigenvalue weighted by Gasteiger charge is 2.33. The molecule has 0 amide bonds. The first-order valence-corrected chi connectivity index (χ1v) is 10.7. The second-order valence-electron chi connectivity index (χ2n) is 6.90. The van der Waals surface area contributed by atoms with Crippen LogP contribution in [0.1, 0.15) is 25.8 Å². The molecule has 2 aromatic heterocycles. The second kappa shape index (κ2) is 6.99. The van der Waals surface area contributed by atoms with Crippen LogP contribution in [0.4, 0.5) is 17.3 Å². The van der Waals surface area contributed by atoms with Crippen molar-refractivity contribution in [3.8, 4) is 0 Å². The monoisotopic (exact) mass is 416 g/mol. The predicted molar refractivity (Wildman–Crippen MR) is 108 cm³/mol. The molecule has 1 unspecified atom stereocenters. The van der Waals surface area contributed by atoms with Gasteiger partial charge < -0.3 is 4.90 Å². The average molecular weight is 416 g/mol. The molecule has 3 heterocycles.